The van der Waals surface area contributed by atoms with Gasteiger partial charge in [-0.15, -0.1) is 0 Å². The minimum Gasteiger partial charge on any atom is -0.494 e. The zero-order chi connectivity index (χ0) is 25.5. The highest BCUT2D eigenvalue weighted by Crippen LogP contribution is 2.38. The normalized spacial score (nSPS) is 13.8. The van der Waals surface area contributed by atoms with Gasteiger partial charge in [-0.2, -0.15) is 4.98 Å². The first-order chi connectivity index (χ1) is 16.7. The Morgan fingerprint density at radius 2 is 2.06 bits per heavy atom. The Balaban J connectivity index is 1.88. The predicted molar refractivity (Wildman–Crippen MR) is 143 cm³/mol. The molecule has 1 aromatic carbocycles. The van der Waals surface area contributed by atoms with Gasteiger partial charge >= 0.3 is 0 Å². The van der Waals surface area contributed by atoms with Crippen molar-refractivity contribution in [3.8, 4) is 11.6 Å². The number of amides is 1. The van der Waals surface area contributed by atoms with E-state index in [1.54, 1.807) is 25.1 Å². The average molecular weight is 522 g/mol. The van der Waals surface area contributed by atoms with Crippen molar-refractivity contribution in [2.24, 2.45) is 0 Å². The summed E-state index contributed by atoms with van der Waals surface area (Å²) in [5.74, 6) is 0.845. The van der Waals surface area contributed by atoms with Gasteiger partial charge in [0.1, 0.15) is 16.9 Å². The topological polar surface area (TPSA) is 95.1 Å². The van der Waals surface area contributed by atoms with Crippen LogP contribution in [0.15, 0.2) is 31.0 Å². The fraction of sp³-hybridized carbons (Fsp3) is 0.435. The van der Waals surface area contributed by atoms with Crippen LogP contribution in [0.3, 0.4) is 0 Å². The molecule has 2 aromatic rings. The van der Waals surface area contributed by atoms with Crippen molar-refractivity contribution < 1.29 is 14.3 Å². The number of benzene rings is 1. The second-order valence-corrected chi connectivity index (χ2v) is 9.52. The molecule has 0 spiro atoms. The lowest BCUT2D eigenvalue weighted by atomic mass is 10.2. The Morgan fingerprint density at radius 3 is 2.69 bits per heavy atom. The third-order valence-electron chi connectivity index (χ3n) is 5.36. The van der Waals surface area contributed by atoms with Crippen LogP contribution in [-0.2, 0) is 4.79 Å². The molecule has 0 saturated carbocycles. The van der Waals surface area contributed by atoms with E-state index in [0.29, 0.717) is 34.0 Å². The van der Waals surface area contributed by atoms with E-state index in [9.17, 15) is 4.79 Å². The predicted octanol–water partition coefficient (Wildman–Crippen LogP) is 3.35. The highest BCUT2D eigenvalue weighted by molar-refractivity contribution is 7.96. The molecule has 1 fully saturated rings. The fourth-order valence-corrected chi connectivity index (χ4v) is 4.07. The van der Waals surface area contributed by atoms with Crippen LogP contribution >= 0.6 is 23.5 Å². The summed E-state index contributed by atoms with van der Waals surface area (Å²) in [4.78, 5) is 25.0. The van der Waals surface area contributed by atoms with Crippen LogP contribution in [-0.4, -0.2) is 91.9 Å². The maximum Gasteiger partial charge on any atom is 0.247 e. The first-order valence-corrected chi connectivity index (χ1v) is 12.6. The Morgan fingerprint density at radius 1 is 1.31 bits per heavy atom. The van der Waals surface area contributed by atoms with Gasteiger partial charge < -0.3 is 29.9 Å². The minimum absolute atomic E-state index is 0.0231. The van der Waals surface area contributed by atoms with Crippen molar-refractivity contribution >= 4 is 52.5 Å². The molecule has 3 rings (SSSR count). The van der Waals surface area contributed by atoms with Crippen molar-refractivity contribution in [2.75, 3.05) is 76.2 Å². The van der Waals surface area contributed by atoms with Crippen LogP contribution < -0.4 is 25.0 Å². The van der Waals surface area contributed by atoms with Crippen LogP contribution in [0.25, 0.3) is 0 Å². The lowest BCUT2D eigenvalue weighted by Gasteiger charge is -2.36. The van der Waals surface area contributed by atoms with E-state index in [-0.39, 0.29) is 12.0 Å². The molecule has 1 aliphatic rings. The van der Waals surface area contributed by atoms with Gasteiger partial charge in [0.25, 0.3) is 0 Å². The molecule has 0 bridgehead atoms. The molecule has 1 amide bonds. The van der Waals surface area contributed by atoms with Crippen LogP contribution in [0.4, 0.5) is 23.0 Å². The Labute approximate surface area is 215 Å². The van der Waals surface area contributed by atoms with Gasteiger partial charge in [-0.25, -0.2) is 9.29 Å². The Hall–Kier alpha value is -2.73. The molecule has 12 heteroatoms. The first kappa shape index (κ1) is 26.9. The third-order valence-corrected chi connectivity index (χ3v) is 6.44. The number of halogens is 1. The minimum atomic E-state index is -0.318. The van der Waals surface area contributed by atoms with Crippen molar-refractivity contribution in [1.29, 1.82) is 0 Å². The quantitative estimate of drug-likeness (QED) is 0.320. The molecule has 10 nitrogen and oxygen atoms in total. The first-order valence-electron chi connectivity index (χ1n) is 11.0. The molecule has 2 N–H and O–H groups in total. The van der Waals surface area contributed by atoms with E-state index in [4.69, 9.17) is 21.1 Å². The number of hydrogen-bond donors (Lipinski definition) is 2. The van der Waals surface area contributed by atoms with Crippen molar-refractivity contribution in [2.45, 2.75) is 6.10 Å². The molecule has 0 radical (unpaired) electrons. The number of nitrogens with one attached hydrogen (secondary N) is 2. The molecule has 0 aliphatic carbocycles. The molecular formula is C23H32ClN7O3S. The number of nitrogens with zero attached hydrogens (tertiary/aromatic N) is 5. The Bertz CT molecular complexity index is 1050. The fourth-order valence-electron chi connectivity index (χ4n) is 3.30. The van der Waals surface area contributed by atoms with E-state index in [1.165, 1.54) is 12.3 Å². The largest absolute Gasteiger partial charge is 0.494 e. The van der Waals surface area contributed by atoms with Crippen LogP contribution in [0, 0.1) is 0 Å². The van der Waals surface area contributed by atoms with Gasteiger partial charge in [-0.1, -0.05) is 30.1 Å². The number of carbonyl (C=O) groups excluding carboxylic acids is 1. The van der Waals surface area contributed by atoms with Crippen LogP contribution in [0.2, 0.25) is 5.02 Å². The zero-order valence-electron chi connectivity index (χ0n) is 20.7. The third kappa shape index (κ3) is 7.14. The second-order valence-electron chi connectivity index (χ2n) is 8.23. The monoisotopic (exact) mass is 521 g/mol. The molecule has 0 unspecified atom stereocenters. The van der Waals surface area contributed by atoms with Gasteiger partial charge in [-0.05, 0) is 32.5 Å². The number of hydrogen-bond acceptors (Lipinski definition) is 10. The molecule has 1 aliphatic heterocycles. The number of methoxy groups -OCH3 is 1. The van der Waals surface area contributed by atoms with E-state index in [1.807, 2.05) is 38.4 Å². The summed E-state index contributed by atoms with van der Waals surface area (Å²) in [7, 11) is 7.56. The van der Waals surface area contributed by atoms with E-state index < -0.39 is 0 Å². The van der Waals surface area contributed by atoms with E-state index in [2.05, 4.69) is 36.4 Å². The summed E-state index contributed by atoms with van der Waals surface area (Å²) < 4.78 is 13.8. The number of carbonyl (C=O) groups is 1. The van der Waals surface area contributed by atoms with Crippen molar-refractivity contribution in [3.63, 3.8) is 0 Å². The number of likely N-dealkylation sites (N-methyl/N-ethyl adjacent to an activating group) is 2. The Kier molecular flexibility index (Phi) is 9.44. The molecule has 190 valence electrons. The number of anilines is 4. The van der Waals surface area contributed by atoms with Crippen LogP contribution in [0.1, 0.15) is 0 Å². The average Bonchev–Trinajstić information content (AvgIpc) is 2.81. The van der Waals surface area contributed by atoms with Gasteiger partial charge in [0, 0.05) is 39.3 Å². The maximum absolute atomic E-state index is 12.1. The maximum atomic E-state index is 12.1. The van der Waals surface area contributed by atoms with E-state index >= 15 is 0 Å². The molecule has 35 heavy (non-hydrogen) atoms. The highest BCUT2D eigenvalue weighted by atomic mass is 35.5. The summed E-state index contributed by atoms with van der Waals surface area (Å²) in [5.41, 5.74) is 1.97. The molecule has 0 atom stereocenters. The SMILES string of the molecule is C=CC(=O)Nc1cc(Nc2ncc(Cl)c(OC3CN(SC)C3)n2)c(OC)cc1N(C)CCN(C)C. The van der Waals surface area contributed by atoms with Gasteiger partial charge in [0.15, 0.2) is 0 Å². The molecular weight excluding hydrogens is 490 g/mol. The van der Waals surface area contributed by atoms with E-state index in [0.717, 1.165) is 31.9 Å². The van der Waals surface area contributed by atoms with Gasteiger partial charge in [0.05, 0.1) is 30.4 Å². The van der Waals surface area contributed by atoms with Crippen molar-refractivity contribution in [3.05, 3.63) is 36.0 Å². The lowest BCUT2D eigenvalue weighted by Crippen LogP contribution is -2.49. The molecule has 1 aromatic heterocycles. The summed E-state index contributed by atoms with van der Waals surface area (Å²) >= 11 is 7.95. The number of aromatic nitrogens is 2. The smallest absolute Gasteiger partial charge is 0.247 e. The summed E-state index contributed by atoms with van der Waals surface area (Å²) in [6.45, 7) is 6.74. The zero-order valence-corrected chi connectivity index (χ0v) is 22.2. The van der Waals surface area contributed by atoms with Gasteiger partial charge in [-0.3, -0.25) is 4.79 Å². The summed E-state index contributed by atoms with van der Waals surface area (Å²) in [6, 6.07) is 3.64. The standard InChI is InChI=1S/C23H32ClN7O3S/c1-7-21(32)26-17-10-18(20(33-5)11-19(17)30(4)9-8-29(2)3)27-23-25-12-16(24)22(28-23)34-15-13-31(14-15)35-6/h7,10-12,15H,1,8-9,13-14H2,2-6H3,(H,26,32)(H,25,27,28). The number of rotatable bonds is 12. The lowest BCUT2D eigenvalue weighted by molar-refractivity contribution is -0.111. The molecule has 2 heterocycles. The van der Waals surface area contributed by atoms with Gasteiger partial charge in [0.2, 0.25) is 17.7 Å². The van der Waals surface area contributed by atoms with Crippen molar-refractivity contribution in [1.82, 2.24) is 19.2 Å². The summed E-state index contributed by atoms with van der Waals surface area (Å²) in [6.07, 6.45) is 4.77. The summed E-state index contributed by atoms with van der Waals surface area (Å²) in [5, 5.41) is 6.38. The second kappa shape index (κ2) is 12.3. The van der Waals surface area contributed by atoms with Crippen LogP contribution in [0.5, 0.6) is 11.6 Å². The highest BCUT2D eigenvalue weighted by Gasteiger charge is 2.29. The number of ether oxygens (including phenoxy) is 2. The molecule has 1 saturated heterocycles.